The van der Waals surface area contributed by atoms with E-state index in [4.69, 9.17) is 10.5 Å². The van der Waals surface area contributed by atoms with Gasteiger partial charge in [0.2, 0.25) is 0 Å². The van der Waals surface area contributed by atoms with Crippen LogP contribution in [0.25, 0.3) is 0 Å². The van der Waals surface area contributed by atoms with E-state index in [0.29, 0.717) is 0 Å². The van der Waals surface area contributed by atoms with Crippen LogP contribution in [0, 0.1) is 0 Å². The highest BCUT2D eigenvalue weighted by Crippen LogP contribution is 2.12. The van der Waals surface area contributed by atoms with Gasteiger partial charge in [-0.1, -0.05) is 45.4 Å². The molecule has 0 aromatic carbocycles. The van der Waals surface area contributed by atoms with Crippen LogP contribution in [0.2, 0.25) is 0 Å². The third kappa shape index (κ3) is 10.3. The summed E-state index contributed by atoms with van der Waals surface area (Å²) in [5, 5.41) is 0. The van der Waals surface area contributed by atoms with E-state index in [1.54, 1.807) is 0 Å². The van der Waals surface area contributed by atoms with E-state index in [1.165, 1.54) is 25.7 Å². The predicted molar refractivity (Wildman–Crippen MR) is 71.8 cm³/mol. The number of ether oxygens (including phenoxy) is 1. The van der Waals surface area contributed by atoms with Gasteiger partial charge in [-0.3, -0.25) is 4.79 Å². The second-order valence-electron chi connectivity index (χ2n) is 5.70. The summed E-state index contributed by atoms with van der Waals surface area (Å²) in [6, 6.07) is -0.458. The second-order valence-corrected chi connectivity index (χ2v) is 5.70. The third-order valence-corrected chi connectivity index (χ3v) is 2.58. The minimum Gasteiger partial charge on any atom is -0.459 e. The molecular formula is C14H29NO2. The Kier molecular flexibility index (Phi) is 8.23. The maximum Gasteiger partial charge on any atom is 0.323 e. The van der Waals surface area contributed by atoms with E-state index in [1.807, 2.05) is 20.8 Å². The van der Waals surface area contributed by atoms with Crippen molar-refractivity contribution in [2.24, 2.45) is 5.73 Å². The number of hydrogen-bond donors (Lipinski definition) is 1. The van der Waals surface area contributed by atoms with Gasteiger partial charge in [0.25, 0.3) is 0 Å². The molecule has 2 N–H and O–H groups in total. The number of esters is 1. The lowest BCUT2D eigenvalue weighted by Gasteiger charge is -2.22. The van der Waals surface area contributed by atoms with Crippen LogP contribution < -0.4 is 5.73 Å². The van der Waals surface area contributed by atoms with Crippen molar-refractivity contribution in [1.29, 1.82) is 0 Å². The van der Waals surface area contributed by atoms with Crippen LogP contribution in [-0.2, 0) is 9.53 Å². The molecule has 0 aromatic rings. The average molecular weight is 243 g/mol. The van der Waals surface area contributed by atoms with Crippen molar-refractivity contribution in [2.45, 2.75) is 84.3 Å². The zero-order chi connectivity index (χ0) is 13.3. The number of carbonyl (C=O) groups excluding carboxylic acids is 1. The Hall–Kier alpha value is -0.570. The van der Waals surface area contributed by atoms with Crippen LogP contribution in [0.15, 0.2) is 0 Å². The molecule has 0 fully saturated rings. The molecule has 0 spiro atoms. The molecule has 0 bridgehead atoms. The maximum atomic E-state index is 11.6. The molecule has 0 rings (SSSR count). The fourth-order valence-electron chi connectivity index (χ4n) is 1.64. The number of hydrogen-bond acceptors (Lipinski definition) is 3. The minimum absolute atomic E-state index is 0.272. The summed E-state index contributed by atoms with van der Waals surface area (Å²) in [5.41, 5.74) is 5.36. The highest BCUT2D eigenvalue weighted by molar-refractivity contribution is 5.75. The summed E-state index contributed by atoms with van der Waals surface area (Å²) >= 11 is 0. The highest BCUT2D eigenvalue weighted by atomic mass is 16.6. The summed E-state index contributed by atoms with van der Waals surface area (Å²) in [4.78, 5) is 11.6. The van der Waals surface area contributed by atoms with Crippen molar-refractivity contribution < 1.29 is 9.53 Å². The van der Waals surface area contributed by atoms with Crippen LogP contribution in [0.5, 0.6) is 0 Å². The van der Waals surface area contributed by atoms with Crippen molar-refractivity contribution in [2.75, 3.05) is 0 Å². The first-order chi connectivity index (χ1) is 7.87. The molecule has 3 heteroatoms. The quantitative estimate of drug-likeness (QED) is 0.525. The molecule has 0 aromatic heterocycles. The van der Waals surface area contributed by atoms with Crippen molar-refractivity contribution in [1.82, 2.24) is 0 Å². The Morgan fingerprint density at radius 2 is 1.65 bits per heavy atom. The zero-order valence-corrected chi connectivity index (χ0v) is 11.9. The molecule has 0 aliphatic rings. The molecule has 1 atom stereocenters. The number of unbranched alkanes of at least 4 members (excludes halogenated alkanes) is 5. The summed E-state index contributed by atoms with van der Waals surface area (Å²) < 4.78 is 5.23. The summed E-state index contributed by atoms with van der Waals surface area (Å²) in [6.45, 7) is 7.80. The van der Waals surface area contributed by atoms with Gasteiger partial charge in [0.1, 0.15) is 11.6 Å². The van der Waals surface area contributed by atoms with Crippen molar-refractivity contribution in [3.63, 3.8) is 0 Å². The molecule has 0 saturated heterocycles. The molecule has 3 nitrogen and oxygen atoms in total. The van der Waals surface area contributed by atoms with E-state index < -0.39 is 11.6 Å². The van der Waals surface area contributed by atoms with E-state index in [-0.39, 0.29) is 5.97 Å². The molecule has 102 valence electrons. The number of carbonyl (C=O) groups is 1. The molecule has 0 aliphatic heterocycles. The first-order valence-electron chi connectivity index (χ1n) is 6.85. The standard InChI is InChI=1S/C14H29NO2/c1-5-6-7-8-9-10-11-12(15)13(16)17-14(2,3)4/h12H,5-11,15H2,1-4H3. The fourth-order valence-corrected chi connectivity index (χ4v) is 1.64. The molecule has 0 heterocycles. The van der Waals surface area contributed by atoms with Crippen LogP contribution in [-0.4, -0.2) is 17.6 Å². The Morgan fingerprint density at radius 1 is 1.12 bits per heavy atom. The lowest BCUT2D eigenvalue weighted by atomic mass is 10.1. The van der Waals surface area contributed by atoms with E-state index in [0.717, 1.165) is 19.3 Å². The van der Waals surface area contributed by atoms with E-state index in [9.17, 15) is 4.79 Å². The highest BCUT2D eigenvalue weighted by Gasteiger charge is 2.21. The van der Waals surface area contributed by atoms with Gasteiger partial charge >= 0.3 is 5.97 Å². The molecule has 0 radical (unpaired) electrons. The van der Waals surface area contributed by atoms with Gasteiger partial charge in [-0.15, -0.1) is 0 Å². The third-order valence-electron chi connectivity index (χ3n) is 2.58. The first-order valence-corrected chi connectivity index (χ1v) is 6.85. The zero-order valence-electron chi connectivity index (χ0n) is 11.9. The van der Waals surface area contributed by atoms with Gasteiger partial charge in [-0.25, -0.2) is 0 Å². The molecule has 0 saturated carbocycles. The van der Waals surface area contributed by atoms with Gasteiger partial charge in [0.15, 0.2) is 0 Å². The van der Waals surface area contributed by atoms with Gasteiger partial charge < -0.3 is 10.5 Å². The summed E-state index contributed by atoms with van der Waals surface area (Å²) in [5.74, 6) is -0.272. The van der Waals surface area contributed by atoms with Crippen LogP contribution in [0.1, 0.15) is 72.6 Å². The second kappa shape index (κ2) is 8.51. The Labute approximate surface area is 106 Å². The Bertz CT molecular complexity index is 209. The van der Waals surface area contributed by atoms with Crippen molar-refractivity contribution in [3.05, 3.63) is 0 Å². The smallest absolute Gasteiger partial charge is 0.323 e. The van der Waals surface area contributed by atoms with Crippen LogP contribution in [0.4, 0.5) is 0 Å². The number of nitrogens with two attached hydrogens (primary N) is 1. The van der Waals surface area contributed by atoms with Crippen LogP contribution in [0.3, 0.4) is 0 Å². The molecule has 1 unspecified atom stereocenters. The van der Waals surface area contributed by atoms with E-state index in [2.05, 4.69) is 6.92 Å². The minimum atomic E-state index is -0.458. The van der Waals surface area contributed by atoms with Crippen molar-refractivity contribution >= 4 is 5.97 Å². The lowest BCUT2D eigenvalue weighted by Crippen LogP contribution is -2.37. The van der Waals surface area contributed by atoms with E-state index >= 15 is 0 Å². The topological polar surface area (TPSA) is 52.3 Å². The van der Waals surface area contributed by atoms with Gasteiger partial charge in [0, 0.05) is 0 Å². The maximum absolute atomic E-state index is 11.6. The largest absolute Gasteiger partial charge is 0.459 e. The molecular weight excluding hydrogens is 214 g/mol. The average Bonchev–Trinajstić information content (AvgIpc) is 2.20. The summed E-state index contributed by atoms with van der Waals surface area (Å²) in [6.07, 6.45) is 8.02. The first kappa shape index (κ1) is 16.4. The SMILES string of the molecule is CCCCCCCCC(N)C(=O)OC(C)(C)C. The van der Waals surface area contributed by atoms with Crippen LogP contribution >= 0.6 is 0 Å². The Balaban J connectivity index is 3.58. The summed E-state index contributed by atoms with van der Waals surface area (Å²) in [7, 11) is 0. The molecule has 17 heavy (non-hydrogen) atoms. The normalized spacial score (nSPS) is 13.5. The molecule has 0 amide bonds. The number of rotatable bonds is 8. The molecule has 0 aliphatic carbocycles. The fraction of sp³-hybridized carbons (Fsp3) is 0.929. The van der Waals surface area contributed by atoms with Gasteiger partial charge in [-0.05, 0) is 27.2 Å². The monoisotopic (exact) mass is 243 g/mol. The Morgan fingerprint density at radius 3 is 2.18 bits per heavy atom. The van der Waals surface area contributed by atoms with Gasteiger partial charge in [-0.2, -0.15) is 0 Å². The lowest BCUT2D eigenvalue weighted by molar-refractivity contribution is -0.156. The predicted octanol–water partition coefficient (Wildman–Crippen LogP) is 3.41. The van der Waals surface area contributed by atoms with Crippen molar-refractivity contribution in [3.8, 4) is 0 Å². The van der Waals surface area contributed by atoms with Gasteiger partial charge in [0.05, 0.1) is 0 Å².